The van der Waals surface area contributed by atoms with Gasteiger partial charge < -0.3 is 5.32 Å². The summed E-state index contributed by atoms with van der Waals surface area (Å²) in [4.78, 5) is 12.8. The van der Waals surface area contributed by atoms with Crippen molar-refractivity contribution in [3.8, 4) is 0 Å². The number of hydrogen-bond donors (Lipinski definition) is 1. The maximum atomic E-state index is 11.7. The summed E-state index contributed by atoms with van der Waals surface area (Å²) < 4.78 is 0. The highest BCUT2D eigenvalue weighted by Gasteiger charge is 2.03. The lowest BCUT2D eigenvalue weighted by molar-refractivity contribution is -0.113. The Morgan fingerprint density at radius 1 is 1.06 bits per heavy atom. The highest BCUT2D eigenvalue weighted by Crippen LogP contribution is 2.17. The average Bonchev–Trinajstić information content (AvgIpc) is 2.40. The van der Waals surface area contributed by atoms with Gasteiger partial charge in [-0.05, 0) is 31.2 Å². The van der Waals surface area contributed by atoms with Gasteiger partial charge in [0.1, 0.15) is 0 Å². The van der Waals surface area contributed by atoms with Crippen LogP contribution in [0.5, 0.6) is 0 Å². The molecule has 0 aliphatic carbocycles. The number of benzene rings is 2. The number of nitrogens with one attached hydrogen (secondary N) is 1. The molecular formula is C15H15NOS. The summed E-state index contributed by atoms with van der Waals surface area (Å²) in [6.07, 6.45) is 0. The van der Waals surface area contributed by atoms with E-state index < -0.39 is 0 Å². The third kappa shape index (κ3) is 3.93. The Hall–Kier alpha value is -1.74. The van der Waals surface area contributed by atoms with Crippen LogP contribution in [-0.4, -0.2) is 11.7 Å². The van der Waals surface area contributed by atoms with Crippen LogP contribution in [0.3, 0.4) is 0 Å². The zero-order valence-corrected chi connectivity index (χ0v) is 11.0. The first-order chi connectivity index (χ1) is 8.74. The van der Waals surface area contributed by atoms with Crippen LogP contribution in [0.4, 0.5) is 5.69 Å². The SMILES string of the molecule is Cc1ccc(NC(=O)CSc2ccccc2)cc1. The van der Waals surface area contributed by atoms with Crippen molar-refractivity contribution in [1.29, 1.82) is 0 Å². The molecule has 0 saturated carbocycles. The molecule has 1 N–H and O–H groups in total. The van der Waals surface area contributed by atoms with Crippen LogP contribution >= 0.6 is 11.8 Å². The van der Waals surface area contributed by atoms with Gasteiger partial charge in [0.15, 0.2) is 0 Å². The first-order valence-electron chi connectivity index (χ1n) is 5.78. The Morgan fingerprint density at radius 3 is 2.39 bits per heavy atom. The number of anilines is 1. The minimum absolute atomic E-state index is 0.0210. The molecule has 0 fully saturated rings. The number of thioether (sulfide) groups is 1. The van der Waals surface area contributed by atoms with Crippen molar-refractivity contribution < 1.29 is 4.79 Å². The van der Waals surface area contributed by atoms with E-state index in [9.17, 15) is 4.79 Å². The van der Waals surface area contributed by atoms with Gasteiger partial charge in [0.05, 0.1) is 5.75 Å². The second-order valence-corrected chi connectivity index (χ2v) is 5.06. The molecule has 3 heteroatoms. The maximum absolute atomic E-state index is 11.7. The highest BCUT2D eigenvalue weighted by molar-refractivity contribution is 8.00. The van der Waals surface area contributed by atoms with Gasteiger partial charge in [-0.15, -0.1) is 11.8 Å². The molecule has 0 spiro atoms. The molecule has 0 aliphatic heterocycles. The van der Waals surface area contributed by atoms with Gasteiger partial charge >= 0.3 is 0 Å². The normalized spacial score (nSPS) is 10.1. The van der Waals surface area contributed by atoms with E-state index in [1.807, 2.05) is 61.5 Å². The molecule has 0 saturated heterocycles. The second kappa shape index (κ2) is 6.26. The summed E-state index contributed by atoms with van der Waals surface area (Å²) in [6.45, 7) is 2.02. The average molecular weight is 257 g/mol. The van der Waals surface area contributed by atoms with Crippen molar-refractivity contribution in [2.24, 2.45) is 0 Å². The predicted octanol–water partition coefficient (Wildman–Crippen LogP) is 3.73. The van der Waals surface area contributed by atoms with Gasteiger partial charge in [-0.3, -0.25) is 4.79 Å². The molecule has 2 aromatic carbocycles. The number of carbonyl (C=O) groups excluding carboxylic acids is 1. The molecule has 1 amide bonds. The number of hydrogen-bond acceptors (Lipinski definition) is 2. The zero-order chi connectivity index (χ0) is 12.8. The Balaban J connectivity index is 1.84. The van der Waals surface area contributed by atoms with E-state index >= 15 is 0 Å². The molecule has 0 heterocycles. The van der Waals surface area contributed by atoms with Crippen LogP contribution in [-0.2, 0) is 4.79 Å². The lowest BCUT2D eigenvalue weighted by atomic mass is 10.2. The molecule has 0 bridgehead atoms. The van der Waals surface area contributed by atoms with Crippen molar-refractivity contribution in [2.45, 2.75) is 11.8 Å². The zero-order valence-electron chi connectivity index (χ0n) is 10.2. The van der Waals surface area contributed by atoms with Gasteiger partial charge in [-0.2, -0.15) is 0 Å². The lowest BCUT2D eigenvalue weighted by Gasteiger charge is -2.05. The van der Waals surface area contributed by atoms with E-state index in [1.54, 1.807) is 0 Å². The van der Waals surface area contributed by atoms with Crippen molar-refractivity contribution in [3.63, 3.8) is 0 Å². The van der Waals surface area contributed by atoms with E-state index in [0.717, 1.165) is 10.6 Å². The Labute approximate surface area is 111 Å². The summed E-state index contributed by atoms with van der Waals surface area (Å²) in [6, 6.07) is 17.7. The Bertz CT molecular complexity index is 508. The number of rotatable bonds is 4. The third-order valence-electron chi connectivity index (χ3n) is 2.45. The van der Waals surface area contributed by atoms with Crippen molar-refractivity contribution in [3.05, 3.63) is 60.2 Å². The van der Waals surface area contributed by atoms with Crippen LogP contribution in [0.2, 0.25) is 0 Å². The van der Waals surface area contributed by atoms with Crippen LogP contribution in [0.25, 0.3) is 0 Å². The van der Waals surface area contributed by atoms with Crippen LogP contribution in [0, 0.1) is 6.92 Å². The van der Waals surface area contributed by atoms with E-state index in [0.29, 0.717) is 5.75 Å². The summed E-state index contributed by atoms with van der Waals surface area (Å²) in [7, 11) is 0. The van der Waals surface area contributed by atoms with E-state index in [1.165, 1.54) is 17.3 Å². The summed E-state index contributed by atoms with van der Waals surface area (Å²) >= 11 is 1.54. The quantitative estimate of drug-likeness (QED) is 0.846. The van der Waals surface area contributed by atoms with Crippen molar-refractivity contribution in [1.82, 2.24) is 0 Å². The minimum atomic E-state index is 0.0210. The van der Waals surface area contributed by atoms with E-state index in [4.69, 9.17) is 0 Å². The molecule has 0 unspecified atom stereocenters. The molecule has 18 heavy (non-hydrogen) atoms. The summed E-state index contributed by atoms with van der Waals surface area (Å²) in [5.41, 5.74) is 2.03. The molecular weight excluding hydrogens is 242 g/mol. The molecule has 2 rings (SSSR count). The van der Waals surface area contributed by atoms with E-state index in [2.05, 4.69) is 5.32 Å². The maximum Gasteiger partial charge on any atom is 0.234 e. The van der Waals surface area contributed by atoms with Crippen molar-refractivity contribution in [2.75, 3.05) is 11.1 Å². The van der Waals surface area contributed by atoms with Gasteiger partial charge in [0, 0.05) is 10.6 Å². The molecule has 0 radical (unpaired) electrons. The predicted molar refractivity (Wildman–Crippen MR) is 77.0 cm³/mol. The van der Waals surface area contributed by atoms with E-state index in [-0.39, 0.29) is 5.91 Å². The Kier molecular flexibility index (Phi) is 4.42. The first kappa shape index (κ1) is 12.7. The fraction of sp³-hybridized carbons (Fsp3) is 0.133. The molecule has 0 aromatic heterocycles. The van der Waals surface area contributed by atoms with Crippen LogP contribution in [0.15, 0.2) is 59.5 Å². The van der Waals surface area contributed by atoms with Gasteiger partial charge in [0.25, 0.3) is 0 Å². The largest absolute Gasteiger partial charge is 0.325 e. The van der Waals surface area contributed by atoms with Gasteiger partial charge in [-0.1, -0.05) is 35.9 Å². The number of aryl methyl sites for hydroxylation is 1. The van der Waals surface area contributed by atoms with Crippen LogP contribution in [0.1, 0.15) is 5.56 Å². The van der Waals surface area contributed by atoms with Gasteiger partial charge in [0.2, 0.25) is 5.91 Å². The number of carbonyl (C=O) groups is 1. The molecule has 0 atom stereocenters. The standard InChI is InChI=1S/C15H15NOS/c1-12-7-9-13(10-8-12)16-15(17)11-18-14-5-3-2-4-6-14/h2-10H,11H2,1H3,(H,16,17). The lowest BCUT2D eigenvalue weighted by Crippen LogP contribution is -2.13. The third-order valence-corrected chi connectivity index (χ3v) is 3.46. The molecule has 2 aromatic rings. The molecule has 2 nitrogen and oxygen atoms in total. The fourth-order valence-corrected chi connectivity index (χ4v) is 2.22. The van der Waals surface area contributed by atoms with Crippen LogP contribution < -0.4 is 5.32 Å². The van der Waals surface area contributed by atoms with Crippen molar-refractivity contribution >= 4 is 23.4 Å². The monoisotopic (exact) mass is 257 g/mol. The molecule has 0 aliphatic rings. The highest BCUT2D eigenvalue weighted by atomic mass is 32.2. The topological polar surface area (TPSA) is 29.1 Å². The fourth-order valence-electron chi connectivity index (χ4n) is 1.50. The van der Waals surface area contributed by atoms with Gasteiger partial charge in [-0.25, -0.2) is 0 Å². The summed E-state index contributed by atoms with van der Waals surface area (Å²) in [5.74, 6) is 0.449. The second-order valence-electron chi connectivity index (χ2n) is 4.02. The first-order valence-corrected chi connectivity index (χ1v) is 6.77. The Morgan fingerprint density at radius 2 is 1.72 bits per heavy atom. The molecule has 92 valence electrons. The summed E-state index contributed by atoms with van der Waals surface area (Å²) in [5, 5.41) is 2.88. The number of amides is 1. The minimum Gasteiger partial charge on any atom is -0.325 e. The smallest absolute Gasteiger partial charge is 0.234 e.